The normalized spacial score (nSPS) is 10.8. The number of carbonyl (C=O) groups is 1. The lowest BCUT2D eigenvalue weighted by Gasteiger charge is -2.10. The second-order valence-electron chi connectivity index (χ2n) is 5.53. The van der Waals surface area contributed by atoms with Crippen LogP contribution in [0.25, 0.3) is 0 Å². The molecule has 0 heterocycles. The fourth-order valence-corrected chi connectivity index (χ4v) is 2.21. The molecule has 2 aromatic carbocycles. The molecule has 2 aromatic rings. The van der Waals surface area contributed by atoms with Crippen LogP contribution in [0.3, 0.4) is 0 Å². The van der Waals surface area contributed by atoms with Crippen molar-refractivity contribution >= 4 is 17.5 Å². The summed E-state index contributed by atoms with van der Waals surface area (Å²) >= 11 is 5.81. The molecule has 0 aliphatic rings. The molecule has 4 nitrogen and oxygen atoms in total. The molecule has 0 spiro atoms. The van der Waals surface area contributed by atoms with Crippen LogP contribution in [0.15, 0.2) is 42.5 Å². The lowest BCUT2D eigenvalue weighted by Crippen LogP contribution is -2.22. The van der Waals surface area contributed by atoms with Crippen molar-refractivity contribution in [3.05, 3.63) is 64.2 Å². The molecule has 0 saturated heterocycles. The highest BCUT2D eigenvalue weighted by Crippen LogP contribution is 2.23. The topological polar surface area (TPSA) is 58.6 Å². The first-order valence-corrected chi connectivity index (χ1v) is 7.79. The van der Waals surface area contributed by atoms with Crippen LogP contribution < -0.4 is 5.32 Å². The predicted octanol–water partition coefficient (Wildman–Crippen LogP) is 3.90. The summed E-state index contributed by atoms with van der Waals surface area (Å²) in [5.74, 6) is -0.281. The number of rotatable bonds is 6. The third-order valence-electron chi connectivity index (χ3n) is 3.24. The summed E-state index contributed by atoms with van der Waals surface area (Å²) in [5.41, 5.74) is 2.47. The SMILES string of the molecule is CC(C)OCc1cccc(CNC(=O)c2ccc(O)c(Cl)c2)c1. The van der Waals surface area contributed by atoms with Crippen LogP contribution in [0.1, 0.15) is 35.3 Å². The molecule has 0 aliphatic carbocycles. The number of phenolic OH excluding ortho intramolecular Hbond substituents is 1. The fourth-order valence-electron chi connectivity index (χ4n) is 2.02. The van der Waals surface area contributed by atoms with Gasteiger partial charge in [0, 0.05) is 12.1 Å². The molecule has 2 N–H and O–H groups in total. The molecule has 0 radical (unpaired) electrons. The number of benzene rings is 2. The summed E-state index contributed by atoms with van der Waals surface area (Å²) in [6, 6.07) is 12.3. The Balaban J connectivity index is 1.95. The van der Waals surface area contributed by atoms with E-state index in [0.29, 0.717) is 18.7 Å². The largest absolute Gasteiger partial charge is 0.506 e. The van der Waals surface area contributed by atoms with Crippen LogP contribution in [-0.4, -0.2) is 17.1 Å². The zero-order valence-corrected chi connectivity index (χ0v) is 13.9. The zero-order chi connectivity index (χ0) is 16.8. The maximum atomic E-state index is 12.1. The molecule has 0 unspecified atom stereocenters. The monoisotopic (exact) mass is 333 g/mol. The molecular formula is C18H20ClNO3. The molecule has 2 rings (SSSR count). The lowest BCUT2D eigenvalue weighted by molar-refractivity contribution is 0.0657. The summed E-state index contributed by atoms with van der Waals surface area (Å²) in [6.45, 7) is 4.94. The average Bonchev–Trinajstić information content (AvgIpc) is 2.53. The second-order valence-corrected chi connectivity index (χ2v) is 5.94. The minimum absolute atomic E-state index is 0.0407. The zero-order valence-electron chi connectivity index (χ0n) is 13.2. The van der Waals surface area contributed by atoms with Gasteiger partial charge in [-0.2, -0.15) is 0 Å². The van der Waals surface area contributed by atoms with Gasteiger partial charge in [0.05, 0.1) is 17.7 Å². The molecule has 1 amide bonds. The van der Waals surface area contributed by atoms with Crippen molar-refractivity contribution in [2.75, 3.05) is 0 Å². The first-order chi connectivity index (χ1) is 11.0. The van der Waals surface area contributed by atoms with Crippen LogP contribution >= 0.6 is 11.6 Å². The van der Waals surface area contributed by atoms with E-state index < -0.39 is 0 Å². The number of amides is 1. The molecule has 0 atom stereocenters. The van der Waals surface area contributed by atoms with E-state index in [2.05, 4.69) is 5.32 Å². The standard InChI is InChI=1S/C18H20ClNO3/c1-12(2)23-11-14-5-3-4-13(8-14)10-20-18(22)15-6-7-17(21)16(19)9-15/h3-9,12,21H,10-11H2,1-2H3,(H,20,22). The second kappa shape index (κ2) is 7.99. The van der Waals surface area contributed by atoms with Crippen molar-refractivity contribution in [2.24, 2.45) is 0 Å². The van der Waals surface area contributed by atoms with E-state index in [9.17, 15) is 9.90 Å². The third-order valence-corrected chi connectivity index (χ3v) is 3.54. The Morgan fingerprint density at radius 1 is 1.22 bits per heavy atom. The van der Waals surface area contributed by atoms with Gasteiger partial charge >= 0.3 is 0 Å². The Morgan fingerprint density at radius 3 is 2.65 bits per heavy atom. The summed E-state index contributed by atoms with van der Waals surface area (Å²) in [7, 11) is 0. The van der Waals surface area contributed by atoms with Crippen LogP contribution in [0.2, 0.25) is 5.02 Å². The lowest BCUT2D eigenvalue weighted by atomic mass is 10.1. The Bertz CT molecular complexity index is 686. The number of hydrogen-bond acceptors (Lipinski definition) is 3. The molecular weight excluding hydrogens is 314 g/mol. The predicted molar refractivity (Wildman–Crippen MR) is 90.7 cm³/mol. The van der Waals surface area contributed by atoms with Crippen molar-refractivity contribution < 1.29 is 14.6 Å². The number of carbonyl (C=O) groups excluding carboxylic acids is 1. The Kier molecular flexibility index (Phi) is 6.02. The van der Waals surface area contributed by atoms with E-state index in [1.165, 1.54) is 18.2 Å². The van der Waals surface area contributed by atoms with Gasteiger partial charge in [0.15, 0.2) is 0 Å². The highest BCUT2D eigenvalue weighted by Gasteiger charge is 2.08. The van der Waals surface area contributed by atoms with Gasteiger partial charge in [0.25, 0.3) is 5.91 Å². The van der Waals surface area contributed by atoms with E-state index in [1.54, 1.807) is 0 Å². The minimum Gasteiger partial charge on any atom is -0.506 e. The third kappa shape index (κ3) is 5.27. The van der Waals surface area contributed by atoms with Crippen molar-refractivity contribution in [1.29, 1.82) is 0 Å². The van der Waals surface area contributed by atoms with E-state index >= 15 is 0 Å². The average molecular weight is 334 g/mol. The van der Waals surface area contributed by atoms with E-state index in [-0.39, 0.29) is 22.8 Å². The summed E-state index contributed by atoms with van der Waals surface area (Å²) in [4.78, 5) is 12.1. The van der Waals surface area contributed by atoms with Gasteiger partial charge in [0.1, 0.15) is 5.75 Å². The Morgan fingerprint density at radius 2 is 1.96 bits per heavy atom. The maximum Gasteiger partial charge on any atom is 0.251 e. The van der Waals surface area contributed by atoms with Crippen molar-refractivity contribution in [1.82, 2.24) is 5.32 Å². The number of halogens is 1. The van der Waals surface area contributed by atoms with E-state index in [4.69, 9.17) is 16.3 Å². The summed E-state index contributed by atoms with van der Waals surface area (Å²) < 4.78 is 5.58. The smallest absolute Gasteiger partial charge is 0.251 e. The van der Waals surface area contributed by atoms with Crippen molar-refractivity contribution in [3.8, 4) is 5.75 Å². The van der Waals surface area contributed by atoms with Gasteiger partial charge in [-0.15, -0.1) is 0 Å². The molecule has 5 heteroatoms. The summed E-state index contributed by atoms with van der Waals surface area (Å²) in [6.07, 6.45) is 0.178. The molecule has 23 heavy (non-hydrogen) atoms. The number of aromatic hydroxyl groups is 1. The first-order valence-electron chi connectivity index (χ1n) is 7.42. The van der Waals surface area contributed by atoms with Gasteiger partial charge in [-0.1, -0.05) is 35.9 Å². The number of hydrogen-bond donors (Lipinski definition) is 2. The maximum absolute atomic E-state index is 12.1. The molecule has 0 aromatic heterocycles. The van der Waals surface area contributed by atoms with Crippen LogP contribution in [0.5, 0.6) is 5.75 Å². The van der Waals surface area contributed by atoms with E-state index in [0.717, 1.165) is 11.1 Å². The number of ether oxygens (including phenoxy) is 1. The van der Waals surface area contributed by atoms with E-state index in [1.807, 2.05) is 38.1 Å². The minimum atomic E-state index is -0.240. The van der Waals surface area contributed by atoms with Gasteiger partial charge in [0.2, 0.25) is 0 Å². The summed E-state index contributed by atoms with van der Waals surface area (Å²) in [5, 5.41) is 12.4. The van der Waals surface area contributed by atoms with Gasteiger partial charge < -0.3 is 15.2 Å². The van der Waals surface area contributed by atoms with Gasteiger partial charge in [-0.25, -0.2) is 0 Å². The highest BCUT2D eigenvalue weighted by atomic mass is 35.5. The highest BCUT2D eigenvalue weighted by molar-refractivity contribution is 6.32. The Hall–Kier alpha value is -2.04. The molecule has 0 fully saturated rings. The van der Waals surface area contributed by atoms with Crippen LogP contribution in [-0.2, 0) is 17.9 Å². The van der Waals surface area contributed by atoms with Gasteiger partial charge in [-0.3, -0.25) is 4.79 Å². The Labute approximate surface area is 141 Å². The van der Waals surface area contributed by atoms with Crippen molar-refractivity contribution in [2.45, 2.75) is 33.1 Å². The molecule has 122 valence electrons. The molecule has 0 saturated carbocycles. The number of phenols is 1. The fraction of sp³-hybridized carbons (Fsp3) is 0.278. The molecule has 0 bridgehead atoms. The van der Waals surface area contributed by atoms with Gasteiger partial charge in [-0.05, 0) is 43.2 Å². The van der Waals surface area contributed by atoms with Crippen molar-refractivity contribution in [3.63, 3.8) is 0 Å². The van der Waals surface area contributed by atoms with Crippen LogP contribution in [0.4, 0.5) is 0 Å². The first kappa shape index (κ1) is 17.3. The number of nitrogens with one attached hydrogen (secondary N) is 1. The quantitative estimate of drug-likeness (QED) is 0.842. The van der Waals surface area contributed by atoms with Crippen LogP contribution in [0, 0.1) is 0 Å². The molecule has 0 aliphatic heterocycles.